The first-order valence-electron chi connectivity index (χ1n) is 6.05. The van der Waals surface area contributed by atoms with Gasteiger partial charge in [-0.1, -0.05) is 28.1 Å². The molecule has 0 aliphatic carbocycles. The van der Waals surface area contributed by atoms with E-state index in [1.807, 2.05) is 31.2 Å². The molecule has 6 heteroatoms. The summed E-state index contributed by atoms with van der Waals surface area (Å²) >= 11 is 3.43. The van der Waals surface area contributed by atoms with Gasteiger partial charge in [0.25, 0.3) is 5.91 Å². The second kappa shape index (κ2) is 7.85. The van der Waals surface area contributed by atoms with Crippen LogP contribution in [-0.2, 0) is 9.53 Å². The Hall–Kier alpha value is -0.620. The largest absolute Gasteiger partial charge is 0.366 e. The summed E-state index contributed by atoms with van der Waals surface area (Å²) in [5.74, 6) is -0.0605. The molecule has 1 fully saturated rings. The van der Waals surface area contributed by atoms with Crippen LogP contribution in [0.2, 0.25) is 0 Å². The van der Waals surface area contributed by atoms with Gasteiger partial charge in [0.2, 0.25) is 0 Å². The minimum Gasteiger partial charge on any atom is -0.366 e. The van der Waals surface area contributed by atoms with Crippen LogP contribution in [0.1, 0.15) is 18.5 Å². The van der Waals surface area contributed by atoms with E-state index in [1.165, 1.54) is 0 Å². The number of hydrogen-bond acceptors (Lipinski definition) is 3. The molecule has 2 atom stereocenters. The maximum Gasteiger partial charge on any atom is 0.250 e. The molecule has 1 saturated heterocycles. The number of carbonyl (C=O) groups excluding carboxylic acids is 1. The second-order valence-electron chi connectivity index (χ2n) is 4.35. The van der Waals surface area contributed by atoms with Crippen LogP contribution in [0.4, 0.5) is 0 Å². The molecule has 1 aromatic rings. The molecule has 0 bridgehead atoms. The van der Waals surface area contributed by atoms with E-state index < -0.39 is 0 Å². The lowest BCUT2D eigenvalue weighted by Crippen LogP contribution is -2.48. The number of carbonyl (C=O) groups is 1. The van der Waals surface area contributed by atoms with Gasteiger partial charge < -0.3 is 15.4 Å². The zero-order chi connectivity index (χ0) is 13.0. The molecule has 1 aliphatic heterocycles. The van der Waals surface area contributed by atoms with Crippen LogP contribution in [0.5, 0.6) is 0 Å². The van der Waals surface area contributed by atoms with Gasteiger partial charge in [-0.2, -0.15) is 0 Å². The van der Waals surface area contributed by atoms with Crippen LogP contribution < -0.4 is 10.6 Å². The predicted octanol–water partition coefficient (Wildman–Crippen LogP) is 2.04. The third kappa shape index (κ3) is 4.76. The van der Waals surface area contributed by atoms with E-state index in [0.717, 1.165) is 16.6 Å². The minimum atomic E-state index is -0.381. The average molecular weight is 350 g/mol. The molecular formula is C13H18BrClN2O2. The van der Waals surface area contributed by atoms with Gasteiger partial charge in [0.15, 0.2) is 0 Å². The van der Waals surface area contributed by atoms with Crippen molar-refractivity contribution in [2.24, 2.45) is 0 Å². The maximum absolute atomic E-state index is 12.0. The molecule has 2 N–H and O–H groups in total. The number of ether oxygens (including phenoxy) is 1. The number of nitrogens with one attached hydrogen (secondary N) is 2. The normalized spacial score (nSPS) is 20.2. The lowest BCUT2D eigenvalue weighted by Gasteiger charge is -2.24. The summed E-state index contributed by atoms with van der Waals surface area (Å²) in [4.78, 5) is 12.0. The molecule has 2 unspecified atom stereocenters. The Morgan fingerprint density at radius 1 is 1.58 bits per heavy atom. The number of rotatable bonds is 3. The van der Waals surface area contributed by atoms with E-state index in [2.05, 4.69) is 26.6 Å². The van der Waals surface area contributed by atoms with Crippen LogP contribution in [0.25, 0.3) is 0 Å². The van der Waals surface area contributed by atoms with Crippen LogP contribution >= 0.6 is 28.3 Å². The number of hydrogen-bond donors (Lipinski definition) is 2. The SMILES string of the molecule is CC(NC(=O)C1CNCCO1)c1cccc(Br)c1.Cl. The summed E-state index contributed by atoms with van der Waals surface area (Å²) in [6.07, 6.45) is -0.381. The zero-order valence-electron chi connectivity index (χ0n) is 10.7. The van der Waals surface area contributed by atoms with Crippen molar-refractivity contribution in [2.45, 2.75) is 19.1 Å². The zero-order valence-corrected chi connectivity index (χ0v) is 13.1. The molecule has 106 valence electrons. The molecule has 0 radical (unpaired) electrons. The predicted molar refractivity (Wildman–Crippen MR) is 80.6 cm³/mol. The van der Waals surface area contributed by atoms with Gasteiger partial charge in [0.05, 0.1) is 12.6 Å². The van der Waals surface area contributed by atoms with Gasteiger partial charge in [-0.3, -0.25) is 4.79 Å². The van der Waals surface area contributed by atoms with E-state index in [0.29, 0.717) is 13.2 Å². The van der Waals surface area contributed by atoms with Crippen molar-refractivity contribution in [3.63, 3.8) is 0 Å². The second-order valence-corrected chi connectivity index (χ2v) is 5.26. The highest BCUT2D eigenvalue weighted by Crippen LogP contribution is 2.18. The van der Waals surface area contributed by atoms with Crippen molar-refractivity contribution in [3.8, 4) is 0 Å². The number of halogens is 2. The van der Waals surface area contributed by atoms with Crippen molar-refractivity contribution < 1.29 is 9.53 Å². The topological polar surface area (TPSA) is 50.4 Å². The van der Waals surface area contributed by atoms with E-state index in [1.54, 1.807) is 0 Å². The summed E-state index contributed by atoms with van der Waals surface area (Å²) in [6.45, 7) is 3.95. The highest BCUT2D eigenvalue weighted by molar-refractivity contribution is 9.10. The van der Waals surface area contributed by atoms with Gasteiger partial charge >= 0.3 is 0 Å². The maximum atomic E-state index is 12.0. The first-order chi connectivity index (χ1) is 8.66. The molecule has 1 aromatic carbocycles. The van der Waals surface area contributed by atoms with Crippen LogP contribution in [-0.4, -0.2) is 31.7 Å². The number of benzene rings is 1. The van der Waals surface area contributed by atoms with Gasteiger partial charge in [0.1, 0.15) is 6.10 Å². The molecular weight excluding hydrogens is 332 g/mol. The van der Waals surface area contributed by atoms with E-state index >= 15 is 0 Å². The summed E-state index contributed by atoms with van der Waals surface area (Å²) in [5, 5.41) is 6.11. The monoisotopic (exact) mass is 348 g/mol. The lowest BCUT2D eigenvalue weighted by atomic mass is 10.1. The lowest BCUT2D eigenvalue weighted by molar-refractivity contribution is -0.134. The van der Waals surface area contributed by atoms with Crippen molar-refractivity contribution in [1.82, 2.24) is 10.6 Å². The van der Waals surface area contributed by atoms with E-state index in [9.17, 15) is 4.79 Å². The Balaban J connectivity index is 0.00000180. The quantitative estimate of drug-likeness (QED) is 0.878. The van der Waals surface area contributed by atoms with E-state index in [-0.39, 0.29) is 30.5 Å². The first kappa shape index (κ1) is 16.4. The van der Waals surface area contributed by atoms with Crippen LogP contribution in [0, 0.1) is 0 Å². The highest BCUT2D eigenvalue weighted by atomic mass is 79.9. The Morgan fingerprint density at radius 2 is 2.37 bits per heavy atom. The standard InChI is InChI=1S/C13H17BrN2O2.ClH/c1-9(10-3-2-4-11(14)7-10)16-13(17)12-8-15-5-6-18-12;/h2-4,7,9,12,15H,5-6,8H2,1H3,(H,16,17);1H. The molecule has 1 aliphatic rings. The van der Waals surface area contributed by atoms with Crippen LogP contribution in [0.3, 0.4) is 0 Å². The van der Waals surface area contributed by atoms with Crippen LogP contribution in [0.15, 0.2) is 28.7 Å². The molecule has 0 spiro atoms. The Morgan fingerprint density at radius 3 is 3.00 bits per heavy atom. The van der Waals surface area contributed by atoms with Gasteiger partial charge in [-0.05, 0) is 24.6 Å². The summed E-state index contributed by atoms with van der Waals surface area (Å²) in [6, 6.07) is 7.90. The number of amides is 1. The molecule has 1 amide bonds. The Kier molecular flexibility index (Phi) is 6.79. The fourth-order valence-electron chi connectivity index (χ4n) is 1.90. The summed E-state index contributed by atoms with van der Waals surface area (Å²) in [5.41, 5.74) is 1.07. The Bertz CT molecular complexity index is 425. The van der Waals surface area contributed by atoms with Crippen molar-refractivity contribution in [3.05, 3.63) is 34.3 Å². The van der Waals surface area contributed by atoms with Crippen molar-refractivity contribution >= 4 is 34.2 Å². The summed E-state index contributed by atoms with van der Waals surface area (Å²) < 4.78 is 6.43. The van der Waals surface area contributed by atoms with Gasteiger partial charge in [-0.25, -0.2) is 0 Å². The number of morpholine rings is 1. The molecule has 1 heterocycles. The Labute approximate surface area is 127 Å². The highest BCUT2D eigenvalue weighted by Gasteiger charge is 2.23. The van der Waals surface area contributed by atoms with Gasteiger partial charge in [0, 0.05) is 17.6 Å². The minimum absolute atomic E-state index is 0. The van der Waals surface area contributed by atoms with Gasteiger partial charge in [-0.15, -0.1) is 12.4 Å². The molecule has 2 rings (SSSR count). The molecule has 0 saturated carbocycles. The summed E-state index contributed by atoms with van der Waals surface area (Å²) in [7, 11) is 0. The van der Waals surface area contributed by atoms with E-state index in [4.69, 9.17) is 4.74 Å². The molecule has 19 heavy (non-hydrogen) atoms. The van der Waals surface area contributed by atoms with Crippen molar-refractivity contribution in [1.29, 1.82) is 0 Å². The third-order valence-corrected chi connectivity index (χ3v) is 3.42. The first-order valence-corrected chi connectivity index (χ1v) is 6.84. The smallest absolute Gasteiger partial charge is 0.250 e. The molecule has 4 nitrogen and oxygen atoms in total. The third-order valence-electron chi connectivity index (χ3n) is 2.93. The fraction of sp³-hybridized carbons (Fsp3) is 0.462. The molecule has 0 aromatic heterocycles. The fourth-order valence-corrected chi connectivity index (χ4v) is 2.32. The van der Waals surface area contributed by atoms with Crippen molar-refractivity contribution in [2.75, 3.05) is 19.7 Å². The average Bonchev–Trinajstić information content (AvgIpc) is 2.39.